The van der Waals surface area contributed by atoms with Gasteiger partial charge in [0, 0.05) is 41.3 Å². The molecule has 1 aliphatic carbocycles. The summed E-state index contributed by atoms with van der Waals surface area (Å²) in [6, 6.07) is 10.7. The van der Waals surface area contributed by atoms with Gasteiger partial charge in [-0.25, -0.2) is 0 Å². The van der Waals surface area contributed by atoms with Crippen LogP contribution < -0.4 is 5.32 Å². The number of hydrogen-bond donors (Lipinski definition) is 1. The van der Waals surface area contributed by atoms with Crippen LogP contribution in [0.3, 0.4) is 0 Å². The lowest BCUT2D eigenvalue weighted by atomic mass is 9.63. The van der Waals surface area contributed by atoms with E-state index in [0.717, 1.165) is 51.6 Å². The zero-order valence-electron chi connectivity index (χ0n) is 18.2. The van der Waals surface area contributed by atoms with E-state index in [2.05, 4.69) is 57.9 Å². The largest absolute Gasteiger partial charge is 0.342 e. The first kappa shape index (κ1) is 19.0. The number of Topliss-reactive ketones (excluding diaryl/α,β-unsaturated/α-hetero) is 1. The van der Waals surface area contributed by atoms with Gasteiger partial charge in [-0.3, -0.25) is 9.48 Å². The first-order valence-corrected chi connectivity index (χ1v) is 10.6. The van der Waals surface area contributed by atoms with Crippen molar-refractivity contribution in [2.45, 2.75) is 46.0 Å². The Bertz CT molecular complexity index is 1180. The van der Waals surface area contributed by atoms with Crippen LogP contribution in [0.4, 0.5) is 0 Å². The van der Waals surface area contributed by atoms with E-state index in [1.54, 1.807) is 0 Å². The highest BCUT2D eigenvalue weighted by Crippen LogP contribution is 2.55. The minimum Gasteiger partial charge on any atom is -0.342 e. The van der Waals surface area contributed by atoms with Crippen molar-refractivity contribution in [1.82, 2.24) is 15.1 Å². The molecule has 1 N–H and O–H groups in total. The van der Waals surface area contributed by atoms with Crippen molar-refractivity contribution in [1.29, 1.82) is 0 Å². The number of dihydropyridines is 1. The molecule has 30 heavy (non-hydrogen) atoms. The number of hydrogen-bond acceptors (Lipinski definition) is 5. The SMILES string of the molecule is CC[C@]1(c2cccc(-c3cc(C)nn3C)c2)C2=C(N=NC2)NC2=C1C(=O)C(C)(C)C2. The van der Waals surface area contributed by atoms with Crippen molar-refractivity contribution in [3.8, 4) is 11.3 Å². The van der Waals surface area contributed by atoms with Gasteiger partial charge in [0.05, 0.1) is 23.3 Å². The van der Waals surface area contributed by atoms with Crippen molar-refractivity contribution >= 4 is 5.78 Å². The van der Waals surface area contributed by atoms with Gasteiger partial charge in [0.25, 0.3) is 0 Å². The molecule has 0 unspecified atom stereocenters. The summed E-state index contributed by atoms with van der Waals surface area (Å²) in [5, 5.41) is 16.7. The summed E-state index contributed by atoms with van der Waals surface area (Å²) in [6.45, 7) is 8.77. The van der Waals surface area contributed by atoms with Crippen LogP contribution in [0.5, 0.6) is 0 Å². The topological polar surface area (TPSA) is 71.6 Å². The predicted octanol–water partition coefficient (Wildman–Crippen LogP) is 4.58. The standard InChI is InChI=1S/C24H27N5O/c1-6-24(16-9-7-8-15(11-16)19-10-14(2)28-29(19)5)17-13-25-27-22(17)26-18-12-23(3,4)21(30)20(18)24/h7-11,26H,6,12-13H2,1-5H3/t24-/m0/s1. The molecule has 5 rings (SSSR count). The van der Waals surface area contributed by atoms with Crippen LogP contribution in [-0.2, 0) is 17.3 Å². The molecule has 0 spiro atoms. The minimum atomic E-state index is -0.506. The van der Waals surface area contributed by atoms with E-state index in [0.29, 0.717) is 13.0 Å². The fourth-order valence-corrected chi connectivity index (χ4v) is 5.43. The van der Waals surface area contributed by atoms with E-state index >= 15 is 0 Å². The van der Waals surface area contributed by atoms with Crippen LogP contribution in [-0.4, -0.2) is 22.1 Å². The van der Waals surface area contributed by atoms with Gasteiger partial charge in [-0.1, -0.05) is 39.0 Å². The van der Waals surface area contributed by atoms with E-state index in [9.17, 15) is 4.79 Å². The Labute approximate surface area is 176 Å². The highest BCUT2D eigenvalue weighted by Gasteiger charge is 2.54. The Kier molecular flexibility index (Phi) is 3.95. The smallest absolute Gasteiger partial charge is 0.167 e. The third-order valence-electron chi connectivity index (χ3n) is 6.84. The van der Waals surface area contributed by atoms with Crippen molar-refractivity contribution in [3.05, 3.63) is 64.3 Å². The molecule has 6 nitrogen and oxygen atoms in total. The van der Waals surface area contributed by atoms with Crippen molar-refractivity contribution in [2.24, 2.45) is 22.7 Å². The van der Waals surface area contributed by atoms with Crippen LogP contribution in [0.25, 0.3) is 11.3 Å². The van der Waals surface area contributed by atoms with E-state index in [4.69, 9.17) is 0 Å². The van der Waals surface area contributed by atoms with Crippen molar-refractivity contribution in [3.63, 3.8) is 0 Å². The van der Waals surface area contributed by atoms with Gasteiger partial charge in [-0.15, -0.1) is 5.11 Å². The molecule has 2 aromatic rings. The fraction of sp³-hybridized carbons (Fsp3) is 0.417. The number of rotatable bonds is 3. The number of aryl methyl sites for hydroxylation is 2. The summed E-state index contributed by atoms with van der Waals surface area (Å²) in [5.41, 5.74) is 6.38. The lowest BCUT2D eigenvalue weighted by molar-refractivity contribution is -0.122. The number of nitrogens with one attached hydrogen (secondary N) is 1. The molecule has 3 heterocycles. The Hall–Kier alpha value is -3.02. The minimum absolute atomic E-state index is 0.229. The fourth-order valence-electron chi connectivity index (χ4n) is 5.43. The molecule has 154 valence electrons. The maximum absolute atomic E-state index is 13.6. The highest BCUT2D eigenvalue weighted by atomic mass is 16.1. The van der Waals surface area contributed by atoms with Gasteiger partial charge in [0.15, 0.2) is 11.6 Å². The van der Waals surface area contributed by atoms with Crippen LogP contribution in [0, 0.1) is 12.3 Å². The number of azo groups is 1. The van der Waals surface area contributed by atoms with Crippen molar-refractivity contribution < 1.29 is 4.79 Å². The predicted molar refractivity (Wildman–Crippen MR) is 116 cm³/mol. The molecular weight excluding hydrogens is 374 g/mol. The molecule has 0 amide bonds. The molecule has 0 fully saturated rings. The van der Waals surface area contributed by atoms with Crippen LogP contribution in [0.15, 0.2) is 63.2 Å². The van der Waals surface area contributed by atoms with Gasteiger partial charge >= 0.3 is 0 Å². The normalized spacial score (nSPS) is 24.4. The number of carbonyl (C=O) groups is 1. The third kappa shape index (κ3) is 2.42. The number of benzene rings is 1. The van der Waals surface area contributed by atoms with Gasteiger partial charge in [0.1, 0.15) is 0 Å². The molecule has 0 bridgehead atoms. The number of allylic oxidation sites excluding steroid dienone is 2. The lowest BCUT2D eigenvalue weighted by Gasteiger charge is -2.40. The number of carbonyl (C=O) groups excluding carboxylic acids is 1. The molecule has 0 saturated carbocycles. The van der Waals surface area contributed by atoms with Gasteiger partial charge in [-0.05, 0) is 31.0 Å². The summed E-state index contributed by atoms with van der Waals surface area (Å²) in [5.74, 6) is 1.05. The Morgan fingerprint density at radius 3 is 2.73 bits per heavy atom. The molecule has 2 aliphatic heterocycles. The molecule has 1 aromatic heterocycles. The molecule has 3 aliphatic rings. The summed E-state index contributed by atoms with van der Waals surface area (Å²) in [7, 11) is 1.97. The summed E-state index contributed by atoms with van der Waals surface area (Å²) < 4.78 is 1.91. The quantitative estimate of drug-likeness (QED) is 0.818. The van der Waals surface area contributed by atoms with Crippen LogP contribution in [0.1, 0.15) is 44.9 Å². The Balaban J connectivity index is 1.74. The van der Waals surface area contributed by atoms with E-state index < -0.39 is 10.8 Å². The zero-order chi connectivity index (χ0) is 21.3. The molecular formula is C24H27N5O. The maximum atomic E-state index is 13.6. The average molecular weight is 402 g/mol. The van der Waals surface area contributed by atoms with Crippen LogP contribution in [0.2, 0.25) is 0 Å². The Morgan fingerprint density at radius 1 is 1.23 bits per heavy atom. The monoisotopic (exact) mass is 401 g/mol. The zero-order valence-corrected chi connectivity index (χ0v) is 18.2. The maximum Gasteiger partial charge on any atom is 0.167 e. The summed E-state index contributed by atoms with van der Waals surface area (Å²) >= 11 is 0. The first-order chi connectivity index (χ1) is 14.3. The van der Waals surface area contributed by atoms with Gasteiger partial charge in [-0.2, -0.15) is 10.2 Å². The van der Waals surface area contributed by atoms with Crippen LogP contribution >= 0.6 is 0 Å². The Morgan fingerprint density at radius 2 is 2.03 bits per heavy atom. The summed E-state index contributed by atoms with van der Waals surface area (Å²) in [4.78, 5) is 13.6. The van der Waals surface area contributed by atoms with Gasteiger partial charge in [0.2, 0.25) is 0 Å². The molecule has 1 atom stereocenters. The van der Waals surface area contributed by atoms with E-state index in [1.165, 1.54) is 0 Å². The molecule has 1 aromatic carbocycles. The highest BCUT2D eigenvalue weighted by molar-refractivity contribution is 6.06. The number of ketones is 1. The second kappa shape index (κ2) is 6.24. The summed E-state index contributed by atoms with van der Waals surface area (Å²) in [6.07, 6.45) is 1.49. The first-order valence-electron chi connectivity index (χ1n) is 10.6. The number of aromatic nitrogens is 2. The van der Waals surface area contributed by atoms with Crippen molar-refractivity contribution in [2.75, 3.05) is 6.54 Å². The molecule has 0 saturated heterocycles. The average Bonchev–Trinajstić information content (AvgIpc) is 3.37. The van der Waals surface area contributed by atoms with E-state index in [1.807, 2.05) is 32.5 Å². The van der Waals surface area contributed by atoms with Gasteiger partial charge < -0.3 is 5.32 Å². The second-order valence-electron chi connectivity index (χ2n) is 9.23. The number of nitrogens with zero attached hydrogens (tertiary/aromatic N) is 4. The van der Waals surface area contributed by atoms with E-state index in [-0.39, 0.29) is 5.78 Å². The third-order valence-corrected chi connectivity index (χ3v) is 6.84. The molecule has 6 heteroatoms. The lowest BCUT2D eigenvalue weighted by Crippen LogP contribution is -2.41. The molecule has 0 radical (unpaired) electrons. The second-order valence-corrected chi connectivity index (χ2v) is 9.23.